The Morgan fingerprint density at radius 3 is 2.38 bits per heavy atom. The van der Waals surface area contributed by atoms with Crippen molar-refractivity contribution < 1.29 is 4.79 Å². The summed E-state index contributed by atoms with van der Waals surface area (Å²) < 4.78 is 1.80. The van der Waals surface area contributed by atoms with Gasteiger partial charge in [-0.15, -0.1) is 0 Å². The van der Waals surface area contributed by atoms with Gasteiger partial charge < -0.3 is 20.5 Å². The summed E-state index contributed by atoms with van der Waals surface area (Å²) in [6.45, 7) is 1.44. The molecule has 0 spiro atoms. The van der Waals surface area contributed by atoms with Crippen LogP contribution < -0.4 is 16.0 Å². The second-order valence-corrected chi connectivity index (χ2v) is 6.59. The maximum absolute atomic E-state index is 12.1. The molecule has 2 rings (SSSR count). The molecular weight excluding hydrogens is 397 g/mol. The summed E-state index contributed by atoms with van der Waals surface area (Å²) in [7, 11) is 3.51. The van der Waals surface area contributed by atoms with Gasteiger partial charge >= 0.3 is 0 Å². The summed E-state index contributed by atoms with van der Waals surface area (Å²) in [6, 6.07) is 8.72. The van der Waals surface area contributed by atoms with Crippen LogP contribution >= 0.6 is 34.8 Å². The van der Waals surface area contributed by atoms with Crippen LogP contribution in [-0.2, 0) is 13.6 Å². The second kappa shape index (κ2) is 9.71. The van der Waals surface area contributed by atoms with Gasteiger partial charge in [0.15, 0.2) is 5.96 Å². The lowest BCUT2D eigenvalue weighted by molar-refractivity contribution is 0.0954. The molecule has 0 saturated carbocycles. The van der Waals surface area contributed by atoms with Crippen molar-refractivity contribution in [2.24, 2.45) is 12.0 Å². The molecule has 0 atom stereocenters. The van der Waals surface area contributed by atoms with Crippen LogP contribution in [0.5, 0.6) is 0 Å². The molecule has 0 bridgehead atoms. The number of rotatable bonds is 6. The number of aromatic nitrogens is 1. The van der Waals surface area contributed by atoms with Gasteiger partial charge in [0, 0.05) is 32.9 Å². The topological polar surface area (TPSA) is 70.4 Å². The summed E-state index contributed by atoms with van der Waals surface area (Å²) in [4.78, 5) is 16.2. The molecule has 0 aliphatic carbocycles. The van der Waals surface area contributed by atoms with Gasteiger partial charge in [0.1, 0.15) is 5.15 Å². The molecule has 0 radical (unpaired) electrons. The van der Waals surface area contributed by atoms with Gasteiger partial charge in [-0.3, -0.25) is 9.79 Å². The van der Waals surface area contributed by atoms with E-state index in [1.54, 1.807) is 41.9 Å². The maximum Gasteiger partial charge on any atom is 0.252 e. The van der Waals surface area contributed by atoms with Crippen molar-refractivity contribution in [2.75, 3.05) is 20.1 Å². The van der Waals surface area contributed by atoms with Crippen molar-refractivity contribution in [3.05, 3.63) is 56.8 Å². The predicted octanol–water partition coefficient (Wildman–Crippen LogP) is 3.08. The summed E-state index contributed by atoms with van der Waals surface area (Å²) >= 11 is 18.1. The Morgan fingerprint density at radius 2 is 1.77 bits per heavy atom. The van der Waals surface area contributed by atoms with Gasteiger partial charge in [0.25, 0.3) is 5.91 Å². The van der Waals surface area contributed by atoms with Crippen LogP contribution in [0.4, 0.5) is 0 Å². The zero-order valence-electron chi connectivity index (χ0n) is 14.4. The zero-order chi connectivity index (χ0) is 19.1. The molecule has 1 aromatic carbocycles. The lowest BCUT2D eigenvalue weighted by Gasteiger charge is -2.13. The van der Waals surface area contributed by atoms with Crippen molar-refractivity contribution in [3.63, 3.8) is 0 Å². The monoisotopic (exact) mass is 415 g/mol. The Hall–Kier alpha value is -1.89. The summed E-state index contributed by atoms with van der Waals surface area (Å²) in [5.74, 6) is 0.388. The number of guanidine groups is 1. The van der Waals surface area contributed by atoms with Gasteiger partial charge in [0.2, 0.25) is 0 Å². The molecule has 0 saturated heterocycles. The van der Waals surface area contributed by atoms with Gasteiger partial charge in [-0.25, -0.2) is 0 Å². The van der Waals surface area contributed by atoms with Crippen LogP contribution in [0, 0.1) is 0 Å². The third-order valence-corrected chi connectivity index (χ3v) is 4.87. The number of amides is 1. The highest BCUT2D eigenvalue weighted by Crippen LogP contribution is 2.24. The first-order valence-electron chi connectivity index (χ1n) is 7.91. The number of benzene rings is 1. The van der Waals surface area contributed by atoms with Gasteiger partial charge in [-0.05, 0) is 18.2 Å². The summed E-state index contributed by atoms with van der Waals surface area (Å²) in [6.07, 6.45) is 0. The van der Waals surface area contributed by atoms with Gasteiger partial charge in [-0.1, -0.05) is 46.9 Å². The van der Waals surface area contributed by atoms with Crippen LogP contribution in [0.3, 0.4) is 0 Å². The molecule has 0 fully saturated rings. The molecule has 9 heteroatoms. The van der Waals surface area contributed by atoms with Crippen LogP contribution in [0.1, 0.15) is 16.1 Å². The van der Waals surface area contributed by atoms with E-state index in [1.807, 2.05) is 7.05 Å². The Labute approximate surface area is 167 Å². The van der Waals surface area contributed by atoms with E-state index in [9.17, 15) is 4.79 Å². The van der Waals surface area contributed by atoms with Crippen LogP contribution in [0.2, 0.25) is 15.2 Å². The van der Waals surface area contributed by atoms with Gasteiger partial charge in [0.05, 0.1) is 22.2 Å². The Bertz CT molecular complexity index is 804. The SMILES string of the molecule is CN=C(NCCNC(=O)c1ccccc1Cl)NCc1cc(Cl)c(Cl)n1C. The van der Waals surface area contributed by atoms with E-state index in [1.165, 1.54) is 0 Å². The van der Waals surface area contributed by atoms with Crippen molar-refractivity contribution in [2.45, 2.75) is 6.54 Å². The molecular formula is C17H20Cl3N5O. The second-order valence-electron chi connectivity index (χ2n) is 5.42. The molecule has 0 aliphatic rings. The minimum atomic E-state index is -0.214. The molecule has 1 amide bonds. The molecule has 2 aromatic rings. The largest absolute Gasteiger partial charge is 0.355 e. The van der Waals surface area contributed by atoms with E-state index in [0.29, 0.717) is 46.4 Å². The smallest absolute Gasteiger partial charge is 0.252 e. The molecule has 3 N–H and O–H groups in total. The summed E-state index contributed by atoms with van der Waals surface area (Å²) in [5.41, 5.74) is 1.38. The average Bonchev–Trinajstić information content (AvgIpc) is 2.88. The third kappa shape index (κ3) is 5.30. The molecule has 6 nitrogen and oxygen atoms in total. The Kier molecular flexibility index (Phi) is 7.63. The fraction of sp³-hybridized carbons (Fsp3) is 0.294. The number of carbonyl (C=O) groups excluding carboxylic acids is 1. The first-order chi connectivity index (χ1) is 12.4. The number of hydrogen-bond donors (Lipinski definition) is 3. The van der Waals surface area contributed by atoms with Crippen molar-refractivity contribution >= 4 is 46.7 Å². The molecule has 1 aromatic heterocycles. The highest BCUT2D eigenvalue weighted by Gasteiger charge is 2.10. The van der Waals surface area contributed by atoms with Crippen molar-refractivity contribution in [3.8, 4) is 0 Å². The first kappa shape index (κ1) is 20.4. The van der Waals surface area contributed by atoms with E-state index in [4.69, 9.17) is 34.8 Å². The quantitative estimate of drug-likeness (QED) is 0.385. The standard InChI is InChI=1S/C17H20Cl3N5O/c1-21-17(24-10-11-9-14(19)15(20)25(11)2)23-8-7-22-16(26)12-5-3-4-6-13(12)18/h3-6,9H,7-8,10H2,1-2H3,(H,22,26)(H2,21,23,24). The summed E-state index contributed by atoms with van der Waals surface area (Å²) in [5, 5.41) is 10.5. The van der Waals surface area contributed by atoms with E-state index < -0.39 is 0 Å². The average molecular weight is 417 g/mol. The van der Waals surface area contributed by atoms with Crippen LogP contribution in [0.15, 0.2) is 35.3 Å². The van der Waals surface area contributed by atoms with Crippen LogP contribution in [0.25, 0.3) is 0 Å². The van der Waals surface area contributed by atoms with E-state index >= 15 is 0 Å². The van der Waals surface area contributed by atoms with E-state index in [-0.39, 0.29) is 5.91 Å². The lowest BCUT2D eigenvalue weighted by Crippen LogP contribution is -2.41. The number of nitrogens with one attached hydrogen (secondary N) is 3. The molecule has 26 heavy (non-hydrogen) atoms. The van der Waals surface area contributed by atoms with Crippen LogP contribution in [-0.4, -0.2) is 36.6 Å². The molecule has 0 unspecified atom stereocenters. The van der Waals surface area contributed by atoms with Crippen molar-refractivity contribution in [1.82, 2.24) is 20.5 Å². The van der Waals surface area contributed by atoms with E-state index in [0.717, 1.165) is 5.69 Å². The van der Waals surface area contributed by atoms with Crippen molar-refractivity contribution in [1.29, 1.82) is 0 Å². The maximum atomic E-state index is 12.1. The number of aliphatic imine (C=N–C) groups is 1. The minimum absolute atomic E-state index is 0.214. The number of hydrogen-bond acceptors (Lipinski definition) is 2. The lowest BCUT2D eigenvalue weighted by atomic mass is 10.2. The first-order valence-corrected chi connectivity index (χ1v) is 9.04. The fourth-order valence-corrected chi connectivity index (χ4v) is 2.89. The minimum Gasteiger partial charge on any atom is -0.355 e. The molecule has 0 aliphatic heterocycles. The Morgan fingerprint density at radius 1 is 1.08 bits per heavy atom. The van der Waals surface area contributed by atoms with E-state index in [2.05, 4.69) is 20.9 Å². The predicted molar refractivity (Wildman–Crippen MR) is 107 cm³/mol. The third-order valence-electron chi connectivity index (χ3n) is 3.70. The normalized spacial score (nSPS) is 11.3. The molecule has 140 valence electrons. The number of halogens is 3. The Balaban J connectivity index is 1.76. The number of carbonyl (C=O) groups is 1. The highest BCUT2D eigenvalue weighted by atomic mass is 35.5. The molecule has 1 heterocycles. The van der Waals surface area contributed by atoms with Gasteiger partial charge in [-0.2, -0.15) is 0 Å². The zero-order valence-corrected chi connectivity index (χ0v) is 16.7. The fourth-order valence-electron chi connectivity index (χ4n) is 2.25. The number of nitrogens with zero attached hydrogens (tertiary/aromatic N) is 2. The highest BCUT2D eigenvalue weighted by molar-refractivity contribution is 6.41.